The Balaban J connectivity index is 1.43. The lowest BCUT2D eigenvalue weighted by Crippen LogP contribution is -2.41. The van der Waals surface area contributed by atoms with Gasteiger partial charge in [-0.25, -0.2) is 9.97 Å². The first kappa shape index (κ1) is 17.5. The predicted octanol–water partition coefficient (Wildman–Crippen LogP) is 2.02. The molecule has 3 aromatic rings. The summed E-state index contributed by atoms with van der Waals surface area (Å²) in [5, 5.41) is 0.540. The maximum absolute atomic E-state index is 12.7. The van der Waals surface area contributed by atoms with Crippen molar-refractivity contribution in [2.45, 2.75) is 38.8 Å². The van der Waals surface area contributed by atoms with Gasteiger partial charge in [0.2, 0.25) is 5.91 Å². The van der Waals surface area contributed by atoms with Gasteiger partial charge in [-0.2, -0.15) is 0 Å². The normalized spacial score (nSPS) is 15.4. The van der Waals surface area contributed by atoms with Crippen LogP contribution in [0.5, 0.6) is 0 Å². The van der Waals surface area contributed by atoms with Crippen LogP contribution in [0.4, 0.5) is 0 Å². The molecule has 1 aliphatic heterocycles. The van der Waals surface area contributed by atoms with E-state index in [1.165, 1.54) is 10.9 Å². The summed E-state index contributed by atoms with van der Waals surface area (Å²) in [5.41, 5.74) is 0.479. The van der Waals surface area contributed by atoms with E-state index in [0.717, 1.165) is 25.2 Å². The van der Waals surface area contributed by atoms with E-state index in [2.05, 4.69) is 21.5 Å². The minimum atomic E-state index is -0.172. The predicted molar refractivity (Wildman–Crippen MR) is 102 cm³/mol. The van der Waals surface area contributed by atoms with Crippen LogP contribution in [0, 0.1) is 0 Å². The average Bonchev–Trinajstić information content (AvgIpc) is 3.19. The highest BCUT2D eigenvalue weighted by atomic mass is 16.2. The fourth-order valence-corrected chi connectivity index (χ4v) is 3.80. The Morgan fingerprint density at radius 1 is 1.15 bits per heavy atom. The molecule has 1 aliphatic rings. The SMILES string of the molecule is CCn1ccnc1C1CCN(C(=O)Cn2cnc3ccccc3c2=O)CC1. The molecule has 0 aliphatic carbocycles. The Labute approximate surface area is 157 Å². The first-order chi connectivity index (χ1) is 13.2. The number of nitrogens with zero attached hydrogens (tertiary/aromatic N) is 5. The number of benzene rings is 1. The molecule has 0 bridgehead atoms. The number of aromatic nitrogens is 4. The smallest absolute Gasteiger partial charge is 0.261 e. The van der Waals surface area contributed by atoms with Gasteiger partial charge in [-0.1, -0.05) is 12.1 Å². The Bertz CT molecular complexity index is 1010. The number of carbonyl (C=O) groups is 1. The van der Waals surface area contributed by atoms with Gasteiger partial charge in [0, 0.05) is 37.9 Å². The summed E-state index contributed by atoms with van der Waals surface area (Å²) in [6.45, 7) is 4.43. The Hall–Kier alpha value is -2.96. The number of amides is 1. The van der Waals surface area contributed by atoms with E-state index in [1.807, 2.05) is 29.4 Å². The summed E-state index contributed by atoms with van der Waals surface area (Å²) < 4.78 is 3.57. The van der Waals surface area contributed by atoms with Gasteiger partial charge in [-0.15, -0.1) is 0 Å². The van der Waals surface area contributed by atoms with E-state index in [4.69, 9.17) is 0 Å². The van der Waals surface area contributed by atoms with Crippen molar-refractivity contribution in [1.29, 1.82) is 0 Å². The molecule has 140 valence electrons. The van der Waals surface area contributed by atoms with Crippen LogP contribution in [0.3, 0.4) is 0 Å². The van der Waals surface area contributed by atoms with Crippen molar-refractivity contribution < 1.29 is 4.79 Å². The summed E-state index contributed by atoms with van der Waals surface area (Å²) >= 11 is 0. The quantitative estimate of drug-likeness (QED) is 0.709. The zero-order valence-corrected chi connectivity index (χ0v) is 15.4. The Morgan fingerprint density at radius 3 is 2.70 bits per heavy atom. The first-order valence-electron chi connectivity index (χ1n) is 9.40. The number of fused-ring (bicyclic) bond motifs is 1. The minimum absolute atomic E-state index is 0.0327. The molecule has 1 saturated heterocycles. The molecule has 0 N–H and O–H groups in total. The van der Waals surface area contributed by atoms with Crippen LogP contribution in [0.15, 0.2) is 47.8 Å². The fourth-order valence-electron chi connectivity index (χ4n) is 3.80. The fraction of sp³-hybridized carbons (Fsp3) is 0.400. The van der Waals surface area contributed by atoms with Crippen molar-refractivity contribution >= 4 is 16.8 Å². The van der Waals surface area contributed by atoms with Crippen molar-refractivity contribution in [1.82, 2.24) is 24.0 Å². The summed E-state index contributed by atoms with van der Waals surface area (Å²) in [4.78, 5) is 35.9. The van der Waals surface area contributed by atoms with Gasteiger partial charge in [0.15, 0.2) is 0 Å². The van der Waals surface area contributed by atoms with Gasteiger partial charge >= 0.3 is 0 Å². The molecule has 4 rings (SSSR count). The minimum Gasteiger partial charge on any atom is -0.341 e. The lowest BCUT2D eigenvalue weighted by molar-refractivity contribution is -0.133. The molecule has 1 fully saturated rings. The highest BCUT2D eigenvalue weighted by Gasteiger charge is 2.26. The lowest BCUT2D eigenvalue weighted by Gasteiger charge is -2.32. The molecule has 1 amide bonds. The highest BCUT2D eigenvalue weighted by molar-refractivity contribution is 5.79. The maximum Gasteiger partial charge on any atom is 0.261 e. The number of carbonyl (C=O) groups excluding carboxylic acids is 1. The van der Waals surface area contributed by atoms with Crippen LogP contribution in [-0.4, -0.2) is 43.0 Å². The first-order valence-corrected chi connectivity index (χ1v) is 9.40. The number of rotatable bonds is 4. The number of imidazole rings is 1. The maximum atomic E-state index is 12.7. The van der Waals surface area contributed by atoms with E-state index in [0.29, 0.717) is 29.9 Å². The van der Waals surface area contributed by atoms with Crippen LogP contribution in [0.1, 0.15) is 31.5 Å². The van der Waals surface area contributed by atoms with Gasteiger partial charge in [-0.05, 0) is 31.9 Å². The third-order valence-electron chi connectivity index (χ3n) is 5.34. The Kier molecular flexibility index (Phi) is 4.75. The molecular formula is C20H23N5O2. The van der Waals surface area contributed by atoms with Gasteiger partial charge in [-0.3, -0.25) is 14.2 Å². The zero-order chi connectivity index (χ0) is 18.8. The molecule has 1 aromatic carbocycles. The summed E-state index contributed by atoms with van der Waals surface area (Å²) in [7, 11) is 0. The summed E-state index contributed by atoms with van der Waals surface area (Å²) in [5.74, 6) is 1.46. The largest absolute Gasteiger partial charge is 0.341 e. The molecule has 0 unspecified atom stereocenters. The van der Waals surface area contributed by atoms with Crippen molar-refractivity contribution in [3.8, 4) is 0 Å². The number of aryl methyl sites for hydroxylation is 1. The standard InChI is InChI=1S/C20H23N5O2/c1-2-23-12-9-21-19(23)15-7-10-24(11-8-15)18(26)13-25-14-22-17-6-4-3-5-16(17)20(25)27/h3-6,9,12,14-15H,2,7-8,10-11,13H2,1H3. The summed E-state index contributed by atoms with van der Waals surface area (Å²) in [6.07, 6.45) is 7.11. The summed E-state index contributed by atoms with van der Waals surface area (Å²) in [6, 6.07) is 7.20. The van der Waals surface area contributed by atoms with Crippen LogP contribution in [0.2, 0.25) is 0 Å². The van der Waals surface area contributed by atoms with Crippen LogP contribution >= 0.6 is 0 Å². The van der Waals surface area contributed by atoms with Crippen molar-refractivity contribution in [2.75, 3.05) is 13.1 Å². The van der Waals surface area contributed by atoms with Crippen LogP contribution < -0.4 is 5.56 Å². The molecule has 7 nitrogen and oxygen atoms in total. The zero-order valence-electron chi connectivity index (χ0n) is 15.4. The average molecular weight is 365 g/mol. The van der Waals surface area contributed by atoms with Crippen molar-refractivity contribution in [2.24, 2.45) is 0 Å². The molecule has 0 spiro atoms. The van der Waals surface area contributed by atoms with E-state index in [-0.39, 0.29) is 18.0 Å². The second kappa shape index (κ2) is 7.34. The van der Waals surface area contributed by atoms with Gasteiger partial charge < -0.3 is 9.47 Å². The van der Waals surface area contributed by atoms with Crippen LogP contribution in [-0.2, 0) is 17.9 Å². The molecule has 0 atom stereocenters. The molecular weight excluding hydrogens is 342 g/mol. The molecule has 0 radical (unpaired) electrons. The van der Waals surface area contributed by atoms with Crippen molar-refractivity contribution in [3.05, 3.63) is 59.2 Å². The van der Waals surface area contributed by atoms with E-state index >= 15 is 0 Å². The van der Waals surface area contributed by atoms with Gasteiger partial charge in [0.1, 0.15) is 12.4 Å². The number of piperidine rings is 1. The molecule has 2 aromatic heterocycles. The van der Waals surface area contributed by atoms with E-state index < -0.39 is 0 Å². The lowest BCUT2D eigenvalue weighted by atomic mass is 9.96. The van der Waals surface area contributed by atoms with Crippen LogP contribution in [0.25, 0.3) is 10.9 Å². The third kappa shape index (κ3) is 3.37. The monoisotopic (exact) mass is 365 g/mol. The highest BCUT2D eigenvalue weighted by Crippen LogP contribution is 2.27. The topological polar surface area (TPSA) is 73.0 Å². The molecule has 27 heavy (non-hydrogen) atoms. The number of hydrogen-bond donors (Lipinski definition) is 0. The molecule has 3 heterocycles. The number of para-hydroxylation sites is 1. The van der Waals surface area contributed by atoms with Crippen molar-refractivity contribution in [3.63, 3.8) is 0 Å². The van der Waals surface area contributed by atoms with Gasteiger partial charge in [0.25, 0.3) is 5.56 Å². The van der Waals surface area contributed by atoms with E-state index in [9.17, 15) is 9.59 Å². The number of hydrogen-bond acceptors (Lipinski definition) is 4. The Morgan fingerprint density at radius 2 is 1.93 bits per heavy atom. The molecule has 7 heteroatoms. The number of likely N-dealkylation sites (tertiary alicyclic amines) is 1. The van der Waals surface area contributed by atoms with Gasteiger partial charge in [0.05, 0.1) is 17.2 Å². The second-order valence-electron chi connectivity index (χ2n) is 6.92. The van der Waals surface area contributed by atoms with E-state index in [1.54, 1.807) is 12.1 Å². The third-order valence-corrected chi connectivity index (χ3v) is 5.34. The molecule has 0 saturated carbocycles. The second-order valence-corrected chi connectivity index (χ2v) is 6.92.